The van der Waals surface area contributed by atoms with Gasteiger partial charge in [-0.05, 0) is 58.6 Å². The van der Waals surface area contributed by atoms with Crippen LogP contribution in [0.3, 0.4) is 0 Å². The fourth-order valence-corrected chi connectivity index (χ4v) is 6.75. The average Bonchev–Trinajstić information content (AvgIpc) is 3.49. The number of carbonyl (C=O) groups is 2. The van der Waals surface area contributed by atoms with Gasteiger partial charge in [-0.15, -0.1) is 0 Å². The second-order valence-electron chi connectivity index (χ2n) is 11.4. The number of fused-ring (bicyclic) bond motifs is 4. The molecule has 1 unspecified atom stereocenters. The quantitative estimate of drug-likeness (QED) is 0.356. The fourth-order valence-electron chi connectivity index (χ4n) is 6.75. The third-order valence-corrected chi connectivity index (χ3v) is 8.46. The van der Waals surface area contributed by atoms with E-state index < -0.39 is 0 Å². The van der Waals surface area contributed by atoms with Crippen molar-refractivity contribution in [1.82, 2.24) is 19.4 Å². The van der Waals surface area contributed by atoms with E-state index in [2.05, 4.69) is 60.7 Å². The van der Waals surface area contributed by atoms with E-state index >= 15 is 0 Å². The molecule has 0 aliphatic carbocycles. The van der Waals surface area contributed by atoms with Gasteiger partial charge in [-0.3, -0.25) is 19.8 Å². The molecule has 0 fully saturated rings. The van der Waals surface area contributed by atoms with E-state index in [9.17, 15) is 9.59 Å². The van der Waals surface area contributed by atoms with Gasteiger partial charge in [0.15, 0.2) is 0 Å². The summed E-state index contributed by atoms with van der Waals surface area (Å²) in [7, 11) is 1.98. The van der Waals surface area contributed by atoms with Crippen LogP contribution in [0.1, 0.15) is 50.9 Å². The lowest BCUT2D eigenvalue weighted by molar-refractivity contribution is -0.122. The number of imide groups is 1. The van der Waals surface area contributed by atoms with Crippen LogP contribution in [0.5, 0.6) is 0 Å². The number of aromatic nitrogens is 2. The molecule has 2 amide bonds. The smallest absolute Gasteiger partial charge is 0.259 e. The number of hydrogen-bond acceptors (Lipinski definition) is 3. The van der Waals surface area contributed by atoms with Crippen molar-refractivity contribution in [1.29, 1.82) is 0 Å². The normalized spacial score (nSPS) is 18.1. The maximum absolute atomic E-state index is 13.6. The number of rotatable bonds is 6. The maximum atomic E-state index is 13.6. The summed E-state index contributed by atoms with van der Waals surface area (Å²) in [6.45, 7) is 11.0. The van der Waals surface area contributed by atoms with Crippen molar-refractivity contribution in [3.05, 3.63) is 71.5 Å². The lowest BCUT2D eigenvalue weighted by Gasteiger charge is -2.36. The molecule has 6 heteroatoms. The molecule has 6 nitrogen and oxygen atoms in total. The van der Waals surface area contributed by atoms with Crippen LogP contribution in [0.2, 0.25) is 0 Å². The Labute approximate surface area is 223 Å². The standard InChI is InChI=1S/C32H36N4O2/c1-19(2)36(20(3)4)17-21-14-15-35-26-13-9-7-11-23(26)28(27(35)16-21)30-29(31(37)33-32(30)38)24-18-34(5)25-12-8-6-10-22(24)25/h6-13,18-21H,14-17H2,1-5H3,(H,33,37,38). The van der Waals surface area contributed by atoms with E-state index in [4.69, 9.17) is 0 Å². The van der Waals surface area contributed by atoms with Gasteiger partial charge in [-0.25, -0.2) is 0 Å². The Morgan fingerprint density at radius 1 is 0.895 bits per heavy atom. The molecule has 0 saturated carbocycles. The van der Waals surface area contributed by atoms with Gasteiger partial charge in [-0.2, -0.15) is 0 Å². The monoisotopic (exact) mass is 508 g/mol. The lowest BCUT2D eigenvalue weighted by atomic mass is 9.88. The minimum absolute atomic E-state index is 0.301. The molecular weight excluding hydrogens is 472 g/mol. The number of nitrogens with one attached hydrogen (secondary N) is 1. The van der Waals surface area contributed by atoms with Crippen LogP contribution in [0.15, 0.2) is 54.7 Å². The largest absolute Gasteiger partial charge is 0.350 e. The lowest BCUT2D eigenvalue weighted by Crippen LogP contribution is -2.42. The highest BCUT2D eigenvalue weighted by Gasteiger charge is 2.38. The Kier molecular flexibility index (Phi) is 6.03. The molecule has 0 saturated heterocycles. The zero-order valence-electron chi connectivity index (χ0n) is 22.9. The van der Waals surface area contributed by atoms with Crippen LogP contribution >= 0.6 is 0 Å². The van der Waals surface area contributed by atoms with Gasteiger partial charge in [0.05, 0.1) is 11.1 Å². The average molecular weight is 509 g/mol. The van der Waals surface area contributed by atoms with Crippen LogP contribution in [0, 0.1) is 5.92 Å². The molecule has 196 valence electrons. The van der Waals surface area contributed by atoms with Crippen LogP contribution in [-0.2, 0) is 29.6 Å². The van der Waals surface area contributed by atoms with Crippen molar-refractivity contribution in [2.45, 2.75) is 59.2 Å². The third-order valence-electron chi connectivity index (χ3n) is 8.46. The zero-order valence-corrected chi connectivity index (χ0v) is 22.9. The molecule has 2 aromatic heterocycles. The number of para-hydroxylation sites is 2. The second kappa shape index (κ2) is 9.28. The summed E-state index contributed by atoms with van der Waals surface area (Å²) >= 11 is 0. The molecule has 2 aliphatic heterocycles. The summed E-state index contributed by atoms with van der Waals surface area (Å²) in [6.07, 6.45) is 3.96. The van der Waals surface area contributed by atoms with Gasteiger partial charge >= 0.3 is 0 Å². The summed E-state index contributed by atoms with van der Waals surface area (Å²) in [5, 5.41) is 4.67. The summed E-state index contributed by atoms with van der Waals surface area (Å²) in [4.78, 5) is 29.5. The van der Waals surface area contributed by atoms with Crippen molar-refractivity contribution in [3.63, 3.8) is 0 Å². The molecule has 0 spiro atoms. The Balaban J connectivity index is 1.56. The molecular formula is C32H36N4O2. The fraction of sp³-hybridized carbons (Fsp3) is 0.375. The first kappa shape index (κ1) is 24.7. The highest BCUT2D eigenvalue weighted by Crippen LogP contribution is 2.43. The van der Waals surface area contributed by atoms with Gasteiger partial charge in [0, 0.05) is 77.0 Å². The van der Waals surface area contributed by atoms with Crippen LogP contribution in [-0.4, -0.2) is 44.5 Å². The molecule has 2 aliphatic rings. The molecule has 0 radical (unpaired) electrons. The molecule has 0 bridgehead atoms. The Morgan fingerprint density at radius 2 is 1.53 bits per heavy atom. The van der Waals surface area contributed by atoms with E-state index in [1.807, 2.05) is 48.1 Å². The van der Waals surface area contributed by atoms with Gasteiger partial charge < -0.3 is 9.13 Å². The third kappa shape index (κ3) is 3.81. The molecule has 2 aromatic carbocycles. The summed E-state index contributed by atoms with van der Waals surface area (Å²) in [6, 6.07) is 17.3. The first-order valence-electron chi connectivity index (χ1n) is 13.8. The molecule has 4 aromatic rings. The van der Waals surface area contributed by atoms with E-state index in [0.717, 1.165) is 58.9 Å². The van der Waals surface area contributed by atoms with E-state index in [1.165, 1.54) is 5.69 Å². The first-order valence-corrected chi connectivity index (χ1v) is 13.8. The SMILES string of the molecule is CC(C)N(CC1CCn2c(c(C3=C(c4cn(C)c5ccccc45)C(=O)NC3=O)c3ccccc32)C1)C(C)C. The van der Waals surface area contributed by atoms with Crippen molar-refractivity contribution in [2.75, 3.05) is 6.54 Å². The van der Waals surface area contributed by atoms with Crippen molar-refractivity contribution < 1.29 is 9.59 Å². The topological polar surface area (TPSA) is 59.3 Å². The van der Waals surface area contributed by atoms with Gasteiger partial charge in [0.2, 0.25) is 0 Å². The van der Waals surface area contributed by atoms with Crippen molar-refractivity contribution >= 4 is 44.8 Å². The zero-order chi connectivity index (χ0) is 26.7. The Hall–Kier alpha value is -3.64. The van der Waals surface area contributed by atoms with Crippen LogP contribution in [0.4, 0.5) is 0 Å². The number of hydrogen-bond donors (Lipinski definition) is 1. The highest BCUT2D eigenvalue weighted by atomic mass is 16.2. The van der Waals surface area contributed by atoms with Gasteiger partial charge in [0.1, 0.15) is 0 Å². The van der Waals surface area contributed by atoms with Crippen LogP contribution in [0.25, 0.3) is 33.0 Å². The number of benzene rings is 2. The van der Waals surface area contributed by atoms with E-state index in [-0.39, 0.29) is 11.8 Å². The molecule has 4 heterocycles. The van der Waals surface area contributed by atoms with Gasteiger partial charge in [-0.1, -0.05) is 36.4 Å². The van der Waals surface area contributed by atoms with Crippen molar-refractivity contribution in [3.8, 4) is 0 Å². The molecule has 6 rings (SSSR count). The second-order valence-corrected chi connectivity index (χ2v) is 11.4. The minimum atomic E-state index is -0.316. The number of carbonyl (C=O) groups excluding carboxylic acids is 2. The maximum Gasteiger partial charge on any atom is 0.259 e. The Bertz CT molecular complexity index is 1610. The number of nitrogens with zero attached hydrogens (tertiary/aromatic N) is 3. The van der Waals surface area contributed by atoms with Crippen molar-refractivity contribution in [2.24, 2.45) is 13.0 Å². The predicted octanol–water partition coefficient (Wildman–Crippen LogP) is 5.38. The predicted molar refractivity (Wildman–Crippen MR) is 154 cm³/mol. The number of aryl methyl sites for hydroxylation is 2. The molecule has 38 heavy (non-hydrogen) atoms. The number of amides is 2. The van der Waals surface area contributed by atoms with E-state index in [1.54, 1.807) is 0 Å². The molecule has 1 atom stereocenters. The summed E-state index contributed by atoms with van der Waals surface area (Å²) < 4.78 is 4.42. The Morgan fingerprint density at radius 3 is 2.24 bits per heavy atom. The highest BCUT2D eigenvalue weighted by molar-refractivity contribution is 6.51. The summed E-state index contributed by atoms with van der Waals surface area (Å²) in [5.41, 5.74) is 6.08. The summed E-state index contributed by atoms with van der Waals surface area (Å²) in [5.74, 6) is -0.133. The molecule has 1 N–H and O–H groups in total. The van der Waals surface area contributed by atoms with Gasteiger partial charge in [0.25, 0.3) is 11.8 Å². The first-order chi connectivity index (χ1) is 18.3. The van der Waals surface area contributed by atoms with E-state index in [0.29, 0.717) is 29.1 Å². The minimum Gasteiger partial charge on any atom is -0.350 e. The van der Waals surface area contributed by atoms with Crippen LogP contribution < -0.4 is 5.32 Å².